The van der Waals surface area contributed by atoms with E-state index in [9.17, 15) is 13.6 Å². The minimum Gasteiger partial charge on any atom is -0.339 e. The second-order valence-electron chi connectivity index (χ2n) is 4.87. The van der Waals surface area contributed by atoms with E-state index < -0.39 is 18.0 Å². The Morgan fingerprint density at radius 1 is 1.48 bits per heavy atom. The normalized spacial score (nSPS) is 11.4. The highest BCUT2D eigenvalue weighted by Gasteiger charge is 2.20. The Hall–Kier alpha value is -2.32. The van der Waals surface area contributed by atoms with Crippen LogP contribution < -0.4 is 0 Å². The number of hydrogen-bond acceptors (Lipinski definition) is 5. The SMILES string of the molecule is CC(C)c1nc(CN(C)C(=O)c2cc(C(F)F)[nH]n2)no1. The van der Waals surface area contributed by atoms with Gasteiger partial charge < -0.3 is 9.42 Å². The molecule has 114 valence electrons. The second-order valence-corrected chi connectivity index (χ2v) is 4.87. The lowest BCUT2D eigenvalue weighted by molar-refractivity contribution is 0.0774. The fourth-order valence-electron chi connectivity index (χ4n) is 1.60. The average molecular weight is 299 g/mol. The molecule has 0 radical (unpaired) electrons. The first kappa shape index (κ1) is 15.1. The summed E-state index contributed by atoms with van der Waals surface area (Å²) in [5, 5.41) is 9.46. The van der Waals surface area contributed by atoms with E-state index in [1.54, 1.807) is 0 Å². The highest BCUT2D eigenvalue weighted by molar-refractivity contribution is 5.92. The number of carbonyl (C=O) groups excluding carboxylic acids is 1. The van der Waals surface area contributed by atoms with Gasteiger partial charge in [-0.05, 0) is 6.07 Å². The van der Waals surface area contributed by atoms with Gasteiger partial charge in [0.25, 0.3) is 12.3 Å². The maximum absolute atomic E-state index is 12.4. The molecule has 0 saturated heterocycles. The predicted molar refractivity (Wildman–Crippen MR) is 67.7 cm³/mol. The van der Waals surface area contributed by atoms with E-state index in [0.717, 1.165) is 6.07 Å². The molecule has 9 heteroatoms. The monoisotopic (exact) mass is 299 g/mol. The van der Waals surface area contributed by atoms with Crippen molar-refractivity contribution in [3.05, 3.63) is 29.2 Å². The molecule has 0 aliphatic heterocycles. The number of halogens is 2. The van der Waals surface area contributed by atoms with Crippen LogP contribution in [0.4, 0.5) is 8.78 Å². The number of aromatic amines is 1. The summed E-state index contributed by atoms with van der Waals surface area (Å²) in [5.74, 6) is 0.408. The number of nitrogens with one attached hydrogen (secondary N) is 1. The van der Waals surface area contributed by atoms with Gasteiger partial charge in [-0.2, -0.15) is 10.1 Å². The molecule has 0 aliphatic rings. The van der Waals surface area contributed by atoms with Gasteiger partial charge in [-0.25, -0.2) is 8.78 Å². The molecule has 0 fully saturated rings. The number of carbonyl (C=O) groups is 1. The van der Waals surface area contributed by atoms with Crippen LogP contribution in [0.25, 0.3) is 0 Å². The van der Waals surface area contributed by atoms with Gasteiger partial charge in [-0.3, -0.25) is 9.89 Å². The van der Waals surface area contributed by atoms with Crippen LogP contribution in [0.2, 0.25) is 0 Å². The molecule has 1 N–H and O–H groups in total. The molecule has 0 spiro atoms. The summed E-state index contributed by atoms with van der Waals surface area (Å²) in [6, 6.07) is 1.03. The van der Waals surface area contributed by atoms with Gasteiger partial charge in [0.2, 0.25) is 5.89 Å². The van der Waals surface area contributed by atoms with Gasteiger partial charge in [-0.1, -0.05) is 19.0 Å². The smallest absolute Gasteiger partial charge is 0.279 e. The third-order valence-electron chi connectivity index (χ3n) is 2.75. The summed E-state index contributed by atoms with van der Waals surface area (Å²) in [5.41, 5.74) is -0.478. The van der Waals surface area contributed by atoms with Crippen molar-refractivity contribution < 1.29 is 18.1 Å². The zero-order chi connectivity index (χ0) is 15.6. The van der Waals surface area contributed by atoms with Crippen LogP contribution in [0.5, 0.6) is 0 Å². The van der Waals surface area contributed by atoms with Crippen LogP contribution in [0.1, 0.15) is 54.1 Å². The van der Waals surface area contributed by atoms with E-state index in [1.165, 1.54) is 11.9 Å². The molecule has 2 aromatic heterocycles. The molecule has 2 heterocycles. The van der Waals surface area contributed by atoms with E-state index >= 15 is 0 Å². The van der Waals surface area contributed by atoms with Crippen LogP contribution in [-0.4, -0.2) is 38.2 Å². The molecule has 2 rings (SSSR count). The first-order chi connectivity index (χ1) is 9.88. The Labute approximate surface area is 119 Å². The topological polar surface area (TPSA) is 87.9 Å². The molecule has 0 atom stereocenters. The second kappa shape index (κ2) is 5.98. The summed E-state index contributed by atoms with van der Waals surface area (Å²) in [6.45, 7) is 3.91. The van der Waals surface area contributed by atoms with Crippen LogP contribution in [0, 0.1) is 0 Å². The maximum Gasteiger partial charge on any atom is 0.279 e. The molecular weight excluding hydrogens is 284 g/mol. The number of rotatable bonds is 5. The Bertz CT molecular complexity index is 623. The molecule has 0 saturated carbocycles. The first-order valence-corrected chi connectivity index (χ1v) is 6.30. The molecule has 1 amide bonds. The number of H-pyrrole nitrogens is 1. The number of alkyl halides is 2. The summed E-state index contributed by atoms with van der Waals surface area (Å²) >= 11 is 0. The van der Waals surface area contributed by atoms with Gasteiger partial charge in [0.1, 0.15) is 5.69 Å². The van der Waals surface area contributed by atoms with Crippen molar-refractivity contribution >= 4 is 5.91 Å². The number of nitrogens with zero attached hydrogens (tertiary/aromatic N) is 4. The predicted octanol–water partition coefficient (Wildman–Crippen LogP) is 2.13. The Morgan fingerprint density at radius 2 is 2.19 bits per heavy atom. The highest BCUT2D eigenvalue weighted by atomic mass is 19.3. The zero-order valence-electron chi connectivity index (χ0n) is 11.8. The van der Waals surface area contributed by atoms with Gasteiger partial charge in [-0.15, -0.1) is 0 Å². The van der Waals surface area contributed by atoms with E-state index in [0.29, 0.717) is 11.7 Å². The molecule has 21 heavy (non-hydrogen) atoms. The lowest BCUT2D eigenvalue weighted by Crippen LogP contribution is -2.27. The summed E-state index contributed by atoms with van der Waals surface area (Å²) in [7, 11) is 1.50. The molecule has 0 unspecified atom stereocenters. The van der Waals surface area contributed by atoms with Crippen LogP contribution in [-0.2, 0) is 6.54 Å². The van der Waals surface area contributed by atoms with Gasteiger partial charge in [0, 0.05) is 13.0 Å². The fourth-order valence-corrected chi connectivity index (χ4v) is 1.60. The standard InChI is InChI=1S/C12H15F2N5O2/c1-6(2)11-15-9(18-21-11)5-19(3)12(20)8-4-7(10(13)14)16-17-8/h4,6,10H,5H2,1-3H3,(H,16,17). The highest BCUT2D eigenvalue weighted by Crippen LogP contribution is 2.17. The average Bonchev–Trinajstić information content (AvgIpc) is 3.06. The summed E-state index contributed by atoms with van der Waals surface area (Å²) in [4.78, 5) is 17.5. The maximum atomic E-state index is 12.4. The quantitative estimate of drug-likeness (QED) is 0.913. The van der Waals surface area contributed by atoms with Crippen molar-refractivity contribution in [1.29, 1.82) is 0 Å². The van der Waals surface area contributed by atoms with E-state index in [4.69, 9.17) is 4.52 Å². The third-order valence-corrected chi connectivity index (χ3v) is 2.75. The minimum absolute atomic E-state index is 0.0830. The summed E-state index contributed by atoms with van der Waals surface area (Å²) in [6.07, 6.45) is -2.70. The lowest BCUT2D eigenvalue weighted by atomic mass is 10.2. The van der Waals surface area contributed by atoms with Gasteiger partial charge >= 0.3 is 0 Å². The number of hydrogen-bond donors (Lipinski definition) is 1. The number of amides is 1. The Kier molecular flexibility index (Phi) is 4.29. The summed E-state index contributed by atoms with van der Waals surface area (Å²) < 4.78 is 29.9. The van der Waals surface area contributed by atoms with E-state index in [-0.39, 0.29) is 18.2 Å². The molecule has 0 bridgehead atoms. The number of aromatic nitrogens is 4. The largest absolute Gasteiger partial charge is 0.339 e. The molecule has 0 aliphatic carbocycles. The zero-order valence-corrected chi connectivity index (χ0v) is 11.8. The molecule has 7 nitrogen and oxygen atoms in total. The fraction of sp³-hybridized carbons (Fsp3) is 0.500. The first-order valence-electron chi connectivity index (χ1n) is 6.30. The van der Waals surface area contributed by atoms with E-state index in [1.807, 2.05) is 13.8 Å². The van der Waals surface area contributed by atoms with Gasteiger partial charge in [0.05, 0.1) is 6.54 Å². The van der Waals surface area contributed by atoms with Crippen molar-refractivity contribution in [3.63, 3.8) is 0 Å². The third kappa shape index (κ3) is 3.41. The van der Waals surface area contributed by atoms with Crippen molar-refractivity contribution in [3.8, 4) is 0 Å². The Morgan fingerprint density at radius 3 is 2.71 bits per heavy atom. The van der Waals surface area contributed by atoms with Gasteiger partial charge in [0.15, 0.2) is 11.5 Å². The van der Waals surface area contributed by atoms with E-state index in [2.05, 4.69) is 20.3 Å². The van der Waals surface area contributed by atoms with Crippen molar-refractivity contribution in [1.82, 2.24) is 25.2 Å². The minimum atomic E-state index is -2.70. The van der Waals surface area contributed by atoms with Crippen molar-refractivity contribution in [2.24, 2.45) is 0 Å². The Balaban J connectivity index is 2.04. The molecular formula is C12H15F2N5O2. The van der Waals surface area contributed by atoms with Crippen LogP contribution in [0.15, 0.2) is 10.6 Å². The lowest BCUT2D eigenvalue weighted by Gasteiger charge is -2.12. The molecule has 2 aromatic rings. The van der Waals surface area contributed by atoms with Crippen LogP contribution >= 0.6 is 0 Å². The molecule has 0 aromatic carbocycles. The van der Waals surface area contributed by atoms with Crippen molar-refractivity contribution in [2.75, 3.05) is 7.05 Å². The van der Waals surface area contributed by atoms with Crippen LogP contribution in [0.3, 0.4) is 0 Å². The van der Waals surface area contributed by atoms with Crippen molar-refractivity contribution in [2.45, 2.75) is 32.7 Å².